The number of nitrogens with zero attached hydrogens (tertiary/aromatic N) is 1. The topological polar surface area (TPSA) is 12.5 Å². The normalized spacial score (nSPS) is 12.5. The maximum atomic E-state index is 13.8. The molecule has 0 amide bonds. The molecule has 2 aromatic carbocycles. The van der Waals surface area contributed by atoms with Crippen molar-refractivity contribution < 1.29 is 13.4 Å². The van der Waals surface area contributed by atoms with Crippen LogP contribution in [0.3, 0.4) is 0 Å². The van der Waals surface area contributed by atoms with Crippen molar-refractivity contribution in [3.8, 4) is 0 Å². The van der Waals surface area contributed by atoms with Gasteiger partial charge in [0.15, 0.2) is 0 Å². The molecule has 0 fully saturated rings. The first-order valence-electron chi connectivity index (χ1n) is 7.01. The second kappa shape index (κ2) is 7.62. The second-order valence-corrected chi connectivity index (χ2v) is 6.24. The quantitative estimate of drug-likeness (QED) is 0.601. The van der Waals surface area contributed by atoms with Gasteiger partial charge in [-0.2, -0.15) is 0 Å². The van der Waals surface area contributed by atoms with E-state index in [1.165, 1.54) is 24.3 Å². The monoisotopic (exact) mass is 357 g/mol. The van der Waals surface area contributed by atoms with Crippen LogP contribution in [0.2, 0.25) is 10.0 Å². The van der Waals surface area contributed by atoms with E-state index < -0.39 is 18.6 Å². The summed E-state index contributed by atoms with van der Waals surface area (Å²) in [4.78, 5) is 1.85. The molecule has 2 aromatic rings. The van der Waals surface area contributed by atoms with Crippen LogP contribution in [0.5, 0.6) is 0 Å². The molecule has 0 heterocycles. The number of hydrogen-bond acceptors (Lipinski definition) is 2. The van der Waals surface area contributed by atoms with E-state index >= 15 is 0 Å². The lowest BCUT2D eigenvalue weighted by Gasteiger charge is -2.25. The predicted octanol–water partition coefficient (Wildman–Crippen LogP) is 3.30. The molecule has 0 saturated carbocycles. The third-order valence-electron chi connectivity index (χ3n) is 3.55. The summed E-state index contributed by atoms with van der Waals surface area (Å²) in [5.41, 5.74) is 1.09. The van der Waals surface area contributed by atoms with E-state index in [9.17, 15) is 8.78 Å². The fraction of sp³-hybridized carbons (Fsp3) is 0.250. The standard InChI is InChI=1S/C16H16BCl2F2NO/c1-10(22(2)3)23-17(11-4-6-13(18)15(20)8-11)12-5-7-14(19)16(21)9-12/h4-10H,1-3H3. The zero-order chi connectivity index (χ0) is 17.1. The van der Waals surface area contributed by atoms with E-state index in [-0.39, 0.29) is 16.3 Å². The van der Waals surface area contributed by atoms with Gasteiger partial charge in [0.05, 0.1) is 16.3 Å². The second-order valence-electron chi connectivity index (χ2n) is 5.43. The molecule has 0 N–H and O–H groups in total. The van der Waals surface area contributed by atoms with Gasteiger partial charge in [-0.15, -0.1) is 0 Å². The number of halogens is 4. The molecule has 2 rings (SSSR count). The highest BCUT2D eigenvalue weighted by Gasteiger charge is 2.26. The predicted molar refractivity (Wildman–Crippen MR) is 92.1 cm³/mol. The minimum atomic E-state index is -0.647. The lowest BCUT2D eigenvalue weighted by molar-refractivity contribution is 0.0842. The molecular formula is C16H16BCl2F2NO. The number of hydrogen-bond donors (Lipinski definition) is 0. The van der Waals surface area contributed by atoms with Crippen molar-refractivity contribution in [2.45, 2.75) is 13.2 Å². The van der Waals surface area contributed by atoms with Gasteiger partial charge in [0.1, 0.15) is 11.6 Å². The molecule has 0 aromatic heterocycles. The molecule has 1 atom stereocenters. The van der Waals surface area contributed by atoms with E-state index in [0.717, 1.165) is 0 Å². The summed E-state index contributed by atoms with van der Waals surface area (Å²) >= 11 is 11.5. The van der Waals surface area contributed by atoms with Crippen LogP contribution >= 0.6 is 23.2 Å². The van der Waals surface area contributed by atoms with Crippen LogP contribution in [0.4, 0.5) is 8.78 Å². The van der Waals surface area contributed by atoms with Gasteiger partial charge in [0.25, 0.3) is 0 Å². The Morgan fingerprint density at radius 3 is 1.74 bits per heavy atom. The summed E-state index contributed by atoms with van der Waals surface area (Å²) in [5, 5.41) is 0.0471. The van der Waals surface area contributed by atoms with E-state index in [1.54, 1.807) is 12.1 Å². The largest absolute Gasteiger partial charge is 0.411 e. The highest BCUT2D eigenvalue weighted by atomic mass is 35.5. The average molecular weight is 358 g/mol. The molecule has 0 aliphatic rings. The fourth-order valence-corrected chi connectivity index (χ4v) is 2.25. The Balaban J connectivity index is 2.45. The van der Waals surface area contributed by atoms with E-state index in [0.29, 0.717) is 10.9 Å². The Bertz CT molecular complexity index is 648. The van der Waals surface area contributed by atoms with Gasteiger partial charge < -0.3 is 4.65 Å². The minimum Gasteiger partial charge on any atom is -0.411 e. The molecule has 7 heteroatoms. The van der Waals surface area contributed by atoms with Crippen LogP contribution in [0.15, 0.2) is 36.4 Å². The van der Waals surface area contributed by atoms with Crippen molar-refractivity contribution in [2.75, 3.05) is 14.1 Å². The van der Waals surface area contributed by atoms with Crippen LogP contribution in [-0.2, 0) is 4.65 Å². The van der Waals surface area contributed by atoms with Crippen LogP contribution in [0, 0.1) is 11.6 Å². The van der Waals surface area contributed by atoms with Gasteiger partial charge in [-0.3, -0.25) is 4.90 Å². The average Bonchev–Trinajstić information content (AvgIpc) is 2.50. The van der Waals surface area contributed by atoms with Crippen molar-refractivity contribution >= 4 is 41.0 Å². The minimum absolute atomic E-state index is 0.0236. The summed E-state index contributed by atoms with van der Waals surface area (Å²) in [6, 6.07) is 8.81. The smallest absolute Gasteiger partial charge is 0.363 e. The van der Waals surface area contributed by atoms with Crippen LogP contribution < -0.4 is 10.9 Å². The number of rotatable bonds is 5. The first-order valence-corrected chi connectivity index (χ1v) is 7.77. The molecule has 2 nitrogen and oxygen atoms in total. The first kappa shape index (κ1) is 18.2. The lowest BCUT2D eigenvalue weighted by atomic mass is 9.55. The SMILES string of the molecule is CC(OB(c1ccc(Cl)c(F)c1)c1ccc(Cl)c(F)c1)N(C)C. The van der Waals surface area contributed by atoms with Crippen molar-refractivity contribution in [3.63, 3.8) is 0 Å². The van der Waals surface area contributed by atoms with Crippen molar-refractivity contribution in [3.05, 3.63) is 58.1 Å². The van der Waals surface area contributed by atoms with Crippen molar-refractivity contribution in [2.24, 2.45) is 0 Å². The number of benzene rings is 2. The van der Waals surface area contributed by atoms with Crippen LogP contribution in [0.25, 0.3) is 0 Å². The lowest BCUT2D eigenvalue weighted by Crippen LogP contribution is -2.49. The van der Waals surface area contributed by atoms with Gasteiger partial charge in [-0.05, 0) is 56.2 Å². The summed E-state index contributed by atoms with van der Waals surface area (Å²) < 4.78 is 33.6. The highest BCUT2D eigenvalue weighted by Crippen LogP contribution is 2.14. The van der Waals surface area contributed by atoms with E-state index in [1.807, 2.05) is 25.9 Å². The molecule has 122 valence electrons. The Morgan fingerprint density at radius 1 is 0.957 bits per heavy atom. The molecule has 0 spiro atoms. The molecule has 0 aliphatic carbocycles. The Hall–Kier alpha value is -1.14. The summed E-state index contributed by atoms with van der Waals surface area (Å²) in [6.45, 7) is 1.21. The Morgan fingerprint density at radius 2 is 1.39 bits per heavy atom. The Labute approximate surface area is 145 Å². The highest BCUT2D eigenvalue weighted by molar-refractivity contribution is 6.80. The third kappa shape index (κ3) is 4.45. The third-order valence-corrected chi connectivity index (χ3v) is 4.17. The van der Waals surface area contributed by atoms with Gasteiger partial charge in [0.2, 0.25) is 0 Å². The molecule has 0 bridgehead atoms. The molecule has 0 aliphatic heterocycles. The van der Waals surface area contributed by atoms with Gasteiger partial charge in [-0.25, -0.2) is 8.78 Å². The molecule has 0 saturated heterocycles. The zero-order valence-corrected chi connectivity index (χ0v) is 14.5. The molecule has 1 unspecified atom stereocenters. The van der Waals surface area contributed by atoms with Gasteiger partial charge in [-0.1, -0.05) is 35.3 Å². The van der Waals surface area contributed by atoms with E-state index in [2.05, 4.69) is 0 Å². The maximum Gasteiger partial charge on any atom is 0.363 e. The van der Waals surface area contributed by atoms with E-state index in [4.69, 9.17) is 27.9 Å². The van der Waals surface area contributed by atoms with Gasteiger partial charge in [0, 0.05) is 0 Å². The summed E-state index contributed by atoms with van der Waals surface area (Å²) in [6.07, 6.45) is -0.266. The van der Waals surface area contributed by atoms with Crippen molar-refractivity contribution in [1.29, 1.82) is 0 Å². The van der Waals surface area contributed by atoms with Crippen molar-refractivity contribution in [1.82, 2.24) is 4.90 Å². The molecular weight excluding hydrogens is 342 g/mol. The summed E-state index contributed by atoms with van der Waals surface area (Å²) in [7, 11) is 3.71. The fourth-order valence-electron chi connectivity index (χ4n) is 2.02. The van der Waals surface area contributed by atoms with Gasteiger partial charge >= 0.3 is 6.92 Å². The summed E-state index contributed by atoms with van der Waals surface area (Å²) in [5.74, 6) is -1.10. The first-order chi connectivity index (χ1) is 10.8. The van der Waals surface area contributed by atoms with Crippen LogP contribution in [-0.4, -0.2) is 32.1 Å². The zero-order valence-electron chi connectivity index (χ0n) is 13.0. The molecule has 0 radical (unpaired) electrons. The Kier molecular flexibility index (Phi) is 6.03. The van der Waals surface area contributed by atoms with Crippen LogP contribution in [0.1, 0.15) is 6.92 Å². The molecule has 23 heavy (non-hydrogen) atoms. The maximum absolute atomic E-state index is 13.8.